The first kappa shape index (κ1) is 37.7. The predicted octanol–water partition coefficient (Wildman–Crippen LogP) is 16.2. The Kier molecular flexibility index (Phi) is 8.81. The number of aromatic nitrogens is 4. The Morgan fingerprint density at radius 3 is 1.41 bits per heavy atom. The molecule has 13 rings (SSSR count). The van der Waals surface area contributed by atoms with E-state index in [0.29, 0.717) is 17.5 Å². The van der Waals surface area contributed by atoms with E-state index in [9.17, 15) is 0 Å². The highest BCUT2D eigenvalue weighted by Gasteiger charge is 2.20. The quantitative estimate of drug-likeness (QED) is 0.157. The summed E-state index contributed by atoms with van der Waals surface area (Å²) in [5, 5.41) is 12.7. The zero-order valence-corrected chi connectivity index (χ0v) is 35.7. The minimum absolute atomic E-state index is 0.599. The van der Waals surface area contributed by atoms with Crippen LogP contribution in [0.5, 0.6) is 0 Å². The van der Waals surface area contributed by atoms with Crippen molar-refractivity contribution < 1.29 is 0 Å². The first-order chi connectivity index (χ1) is 32.7. The molecule has 0 aliphatic heterocycles. The first-order valence-electron chi connectivity index (χ1n) is 22.4. The van der Waals surface area contributed by atoms with Crippen LogP contribution < -0.4 is 0 Å². The number of fused-ring (bicyclic) bond motifs is 8. The van der Waals surface area contributed by atoms with E-state index in [0.717, 1.165) is 82.6 Å². The minimum Gasteiger partial charge on any atom is -0.247 e. The van der Waals surface area contributed by atoms with Crippen molar-refractivity contribution in [1.82, 2.24) is 19.9 Å². The van der Waals surface area contributed by atoms with Crippen LogP contribution >= 0.6 is 0 Å². The highest BCUT2D eigenvalue weighted by molar-refractivity contribution is 6.25. The molecule has 2 heterocycles. The average Bonchev–Trinajstić information content (AvgIpc) is 3.39. The first-order valence-corrected chi connectivity index (χ1v) is 22.4. The number of benzene rings is 11. The summed E-state index contributed by atoms with van der Waals surface area (Å²) in [6.07, 6.45) is 0. The predicted molar refractivity (Wildman–Crippen MR) is 275 cm³/mol. The van der Waals surface area contributed by atoms with Crippen molar-refractivity contribution in [3.63, 3.8) is 0 Å². The number of para-hydroxylation sites is 1. The van der Waals surface area contributed by atoms with Gasteiger partial charge in [-0.3, -0.25) is 0 Å². The highest BCUT2D eigenvalue weighted by atomic mass is 15.0. The summed E-state index contributed by atoms with van der Waals surface area (Å²) >= 11 is 0. The van der Waals surface area contributed by atoms with Crippen LogP contribution in [0.4, 0.5) is 0 Å². The molecule has 0 aliphatic carbocycles. The lowest BCUT2D eigenvalue weighted by Gasteiger charge is -2.18. The molecule has 306 valence electrons. The molecule has 0 amide bonds. The Hall–Kier alpha value is -8.86. The van der Waals surface area contributed by atoms with Crippen LogP contribution in [-0.2, 0) is 0 Å². The molecule has 0 saturated heterocycles. The van der Waals surface area contributed by atoms with Gasteiger partial charge in [0.25, 0.3) is 0 Å². The second kappa shape index (κ2) is 15.4. The smallest absolute Gasteiger partial charge is 0.164 e. The van der Waals surface area contributed by atoms with Gasteiger partial charge in [0.1, 0.15) is 0 Å². The van der Waals surface area contributed by atoms with Crippen LogP contribution in [0.1, 0.15) is 0 Å². The van der Waals surface area contributed by atoms with Gasteiger partial charge in [-0.1, -0.05) is 188 Å². The van der Waals surface area contributed by atoms with Gasteiger partial charge in [-0.2, -0.15) is 0 Å². The van der Waals surface area contributed by atoms with E-state index >= 15 is 0 Å². The van der Waals surface area contributed by atoms with E-state index in [1.165, 1.54) is 32.3 Å². The van der Waals surface area contributed by atoms with Gasteiger partial charge < -0.3 is 0 Å². The van der Waals surface area contributed by atoms with Crippen molar-refractivity contribution in [2.45, 2.75) is 0 Å². The number of hydrogen-bond acceptors (Lipinski definition) is 4. The maximum atomic E-state index is 5.37. The average molecular weight is 839 g/mol. The number of nitrogens with zero attached hydrogens (tertiary/aromatic N) is 4. The molecule has 0 radical (unpaired) electrons. The number of rotatable bonds is 6. The van der Waals surface area contributed by atoms with Gasteiger partial charge in [0.15, 0.2) is 17.5 Å². The van der Waals surface area contributed by atoms with E-state index in [2.05, 4.69) is 231 Å². The summed E-state index contributed by atoms with van der Waals surface area (Å²) in [5.41, 5.74) is 10.1. The fourth-order valence-corrected chi connectivity index (χ4v) is 9.84. The number of pyridine rings is 1. The Balaban J connectivity index is 1.11. The Morgan fingerprint density at radius 2 is 0.727 bits per heavy atom. The normalized spacial score (nSPS) is 11.6. The molecule has 2 aromatic heterocycles. The summed E-state index contributed by atoms with van der Waals surface area (Å²) in [4.78, 5) is 21.3. The minimum atomic E-state index is 0.599. The molecule has 0 aliphatic rings. The Morgan fingerprint density at radius 1 is 0.227 bits per heavy atom. The molecule has 4 heteroatoms. The largest absolute Gasteiger partial charge is 0.247 e. The van der Waals surface area contributed by atoms with Crippen molar-refractivity contribution in [2.75, 3.05) is 0 Å². The second-order valence-electron chi connectivity index (χ2n) is 17.0. The third-order valence-electron chi connectivity index (χ3n) is 13.0. The fourth-order valence-electron chi connectivity index (χ4n) is 9.84. The maximum absolute atomic E-state index is 5.37. The molecule has 0 saturated carbocycles. The van der Waals surface area contributed by atoms with E-state index in [4.69, 9.17) is 19.9 Å². The van der Waals surface area contributed by atoms with Crippen LogP contribution in [0.15, 0.2) is 231 Å². The maximum Gasteiger partial charge on any atom is 0.164 e. The lowest BCUT2D eigenvalue weighted by molar-refractivity contribution is 1.08. The third-order valence-corrected chi connectivity index (χ3v) is 13.0. The molecule has 4 nitrogen and oxygen atoms in total. The molecule has 0 N–H and O–H groups in total. The van der Waals surface area contributed by atoms with E-state index in [1.807, 2.05) is 0 Å². The Bertz CT molecular complexity index is 3960. The van der Waals surface area contributed by atoms with Crippen LogP contribution in [0, 0.1) is 0 Å². The monoisotopic (exact) mass is 838 g/mol. The lowest BCUT2D eigenvalue weighted by atomic mass is 9.87. The molecule has 0 atom stereocenters. The van der Waals surface area contributed by atoms with Crippen LogP contribution in [0.2, 0.25) is 0 Å². The van der Waals surface area contributed by atoms with Gasteiger partial charge in [-0.25, -0.2) is 19.9 Å². The molecule has 13 aromatic rings. The lowest BCUT2D eigenvalue weighted by Crippen LogP contribution is -2.01. The van der Waals surface area contributed by atoms with Gasteiger partial charge in [0.05, 0.1) is 11.2 Å². The fraction of sp³-hybridized carbons (Fsp3) is 0. The molecule has 0 bridgehead atoms. The summed E-state index contributed by atoms with van der Waals surface area (Å²) in [7, 11) is 0. The van der Waals surface area contributed by atoms with Crippen molar-refractivity contribution in [1.29, 1.82) is 0 Å². The van der Waals surface area contributed by atoms with Crippen molar-refractivity contribution in [2.24, 2.45) is 0 Å². The van der Waals surface area contributed by atoms with Crippen LogP contribution in [0.25, 0.3) is 132 Å². The second-order valence-corrected chi connectivity index (χ2v) is 17.0. The van der Waals surface area contributed by atoms with Crippen molar-refractivity contribution in [3.05, 3.63) is 231 Å². The molecule has 11 aromatic carbocycles. The zero-order chi connectivity index (χ0) is 43.6. The molecular weight excluding hydrogens is 801 g/mol. The van der Waals surface area contributed by atoms with Gasteiger partial charge in [-0.05, 0) is 108 Å². The van der Waals surface area contributed by atoms with E-state index < -0.39 is 0 Å². The topological polar surface area (TPSA) is 51.6 Å². The molecule has 66 heavy (non-hydrogen) atoms. The highest BCUT2D eigenvalue weighted by Crippen LogP contribution is 2.44. The van der Waals surface area contributed by atoms with Gasteiger partial charge in [0, 0.05) is 38.4 Å². The standard InChI is InChI=1S/C62H38N4/c1-2-18-42(19-3-1)59-56-38-55(52-24-10-11-25-53(52)58(56)54-26-12-13-28-57(54)63-59)48-35-47(51-27-14-22-41-17-8-9-23-50(41)51)36-49(37-48)62-65-60(45-31-29-39-15-4-6-20-43(39)33-45)64-61(66-62)46-32-30-40-16-5-7-21-44(40)34-46/h1-38H. The Labute approximate surface area is 381 Å². The summed E-state index contributed by atoms with van der Waals surface area (Å²) < 4.78 is 0. The van der Waals surface area contributed by atoms with E-state index in [-0.39, 0.29) is 0 Å². The molecule has 0 unspecified atom stereocenters. The van der Waals surface area contributed by atoms with Crippen molar-refractivity contribution >= 4 is 64.8 Å². The SMILES string of the molecule is c1ccc(-c2nc3ccccc3c3c2cc(-c2cc(-c4nc(-c5ccc6ccccc6c5)nc(-c5ccc6ccccc6c5)n4)cc(-c4cccc5ccccc45)c2)c2ccccc23)cc1. The molecule has 0 spiro atoms. The number of hydrogen-bond donors (Lipinski definition) is 0. The molecular formula is C62H38N4. The van der Waals surface area contributed by atoms with Gasteiger partial charge in [0.2, 0.25) is 0 Å². The van der Waals surface area contributed by atoms with Crippen LogP contribution in [0.3, 0.4) is 0 Å². The zero-order valence-electron chi connectivity index (χ0n) is 35.7. The van der Waals surface area contributed by atoms with Crippen LogP contribution in [-0.4, -0.2) is 19.9 Å². The van der Waals surface area contributed by atoms with Gasteiger partial charge in [-0.15, -0.1) is 0 Å². The third kappa shape index (κ3) is 6.46. The van der Waals surface area contributed by atoms with Crippen molar-refractivity contribution in [3.8, 4) is 67.7 Å². The van der Waals surface area contributed by atoms with Gasteiger partial charge >= 0.3 is 0 Å². The summed E-state index contributed by atoms with van der Waals surface area (Å²) in [5.74, 6) is 1.84. The summed E-state index contributed by atoms with van der Waals surface area (Å²) in [6, 6.07) is 82.0. The molecule has 0 fully saturated rings. The van der Waals surface area contributed by atoms with E-state index in [1.54, 1.807) is 0 Å². The summed E-state index contributed by atoms with van der Waals surface area (Å²) in [6.45, 7) is 0.